The highest BCUT2D eigenvalue weighted by Crippen LogP contribution is 2.31. The van der Waals surface area contributed by atoms with Crippen molar-refractivity contribution in [1.29, 1.82) is 0 Å². The van der Waals surface area contributed by atoms with Gasteiger partial charge in [-0.2, -0.15) is 4.98 Å². The van der Waals surface area contributed by atoms with Gasteiger partial charge in [0, 0.05) is 13.1 Å². The molecule has 0 spiro atoms. The molecule has 2 heterocycles. The van der Waals surface area contributed by atoms with E-state index in [0.717, 1.165) is 18.4 Å². The SMILES string of the molecule is COc1ccc(CNC(=O)N2CCCC2c2nc(C)no2)cc1OC. The number of likely N-dealkylation sites (tertiary alicyclic amines) is 1. The summed E-state index contributed by atoms with van der Waals surface area (Å²) >= 11 is 0. The van der Waals surface area contributed by atoms with Crippen LogP contribution in [0, 0.1) is 6.92 Å². The summed E-state index contributed by atoms with van der Waals surface area (Å²) in [6.45, 7) is 2.83. The molecule has 0 saturated carbocycles. The molecule has 0 radical (unpaired) electrons. The fraction of sp³-hybridized carbons (Fsp3) is 0.471. The molecular formula is C17H22N4O4. The third-order valence-corrected chi connectivity index (χ3v) is 4.23. The van der Waals surface area contributed by atoms with Crippen molar-refractivity contribution < 1.29 is 18.8 Å². The van der Waals surface area contributed by atoms with E-state index in [4.69, 9.17) is 14.0 Å². The molecule has 2 amide bonds. The predicted molar refractivity (Wildman–Crippen MR) is 89.5 cm³/mol. The van der Waals surface area contributed by atoms with Crippen molar-refractivity contribution in [1.82, 2.24) is 20.4 Å². The Kier molecular flexibility index (Phi) is 5.06. The van der Waals surface area contributed by atoms with E-state index in [1.807, 2.05) is 18.2 Å². The Balaban J connectivity index is 1.64. The summed E-state index contributed by atoms with van der Waals surface area (Å²) in [6.07, 6.45) is 1.74. The third-order valence-electron chi connectivity index (χ3n) is 4.23. The number of methoxy groups -OCH3 is 2. The van der Waals surface area contributed by atoms with Gasteiger partial charge >= 0.3 is 6.03 Å². The molecule has 1 aromatic carbocycles. The molecule has 1 aliphatic rings. The highest BCUT2D eigenvalue weighted by molar-refractivity contribution is 5.75. The molecule has 1 aliphatic heterocycles. The zero-order valence-corrected chi connectivity index (χ0v) is 14.6. The number of benzene rings is 1. The van der Waals surface area contributed by atoms with E-state index < -0.39 is 0 Å². The lowest BCUT2D eigenvalue weighted by atomic mass is 10.2. The van der Waals surface area contributed by atoms with Crippen LogP contribution in [0.1, 0.15) is 36.2 Å². The highest BCUT2D eigenvalue weighted by Gasteiger charge is 2.33. The van der Waals surface area contributed by atoms with Crippen LogP contribution < -0.4 is 14.8 Å². The molecule has 8 nitrogen and oxygen atoms in total. The Labute approximate surface area is 146 Å². The second-order valence-electron chi connectivity index (χ2n) is 5.88. The quantitative estimate of drug-likeness (QED) is 0.894. The van der Waals surface area contributed by atoms with E-state index in [9.17, 15) is 4.79 Å². The van der Waals surface area contributed by atoms with Crippen molar-refractivity contribution in [3.63, 3.8) is 0 Å². The highest BCUT2D eigenvalue weighted by atomic mass is 16.5. The van der Waals surface area contributed by atoms with Crippen LogP contribution in [0.3, 0.4) is 0 Å². The van der Waals surface area contributed by atoms with E-state index >= 15 is 0 Å². The van der Waals surface area contributed by atoms with Crippen molar-refractivity contribution in [2.24, 2.45) is 0 Å². The lowest BCUT2D eigenvalue weighted by Gasteiger charge is -2.22. The van der Waals surface area contributed by atoms with E-state index in [-0.39, 0.29) is 12.1 Å². The zero-order valence-electron chi connectivity index (χ0n) is 14.6. The summed E-state index contributed by atoms with van der Waals surface area (Å²) in [5, 5.41) is 6.75. The molecule has 1 fully saturated rings. The summed E-state index contributed by atoms with van der Waals surface area (Å²) in [7, 11) is 3.17. The van der Waals surface area contributed by atoms with E-state index in [1.165, 1.54) is 0 Å². The van der Waals surface area contributed by atoms with Crippen LogP contribution in [-0.2, 0) is 6.54 Å². The average Bonchev–Trinajstić information content (AvgIpc) is 3.28. The van der Waals surface area contributed by atoms with Gasteiger partial charge in [0.1, 0.15) is 6.04 Å². The molecule has 1 atom stereocenters. The first-order chi connectivity index (χ1) is 12.1. The molecule has 3 rings (SSSR count). The van der Waals surface area contributed by atoms with Gasteiger partial charge in [0.15, 0.2) is 17.3 Å². The zero-order chi connectivity index (χ0) is 17.8. The summed E-state index contributed by atoms with van der Waals surface area (Å²) < 4.78 is 15.7. The topological polar surface area (TPSA) is 89.7 Å². The van der Waals surface area contributed by atoms with E-state index in [0.29, 0.717) is 36.3 Å². The number of carbonyl (C=O) groups excluding carboxylic acids is 1. The van der Waals surface area contributed by atoms with Crippen LogP contribution in [0.15, 0.2) is 22.7 Å². The number of nitrogens with one attached hydrogen (secondary N) is 1. The molecule has 2 aromatic rings. The first kappa shape index (κ1) is 17.1. The fourth-order valence-corrected chi connectivity index (χ4v) is 2.98. The summed E-state index contributed by atoms with van der Waals surface area (Å²) in [5.41, 5.74) is 0.926. The standard InChI is InChI=1S/C17H22N4O4/c1-11-19-16(25-20-11)13-5-4-8-21(13)17(22)18-10-12-6-7-14(23-2)15(9-12)24-3/h6-7,9,13H,4-5,8,10H2,1-3H3,(H,18,22). The fourth-order valence-electron chi connectivity index (χ4n) is 2.98. The molecule has 8 heteroatoms. The van der Waals surface area contributed by atoms with Gasteiger partial charge in [-0.05, 0) is 37.5 Å². The number of hydrogen-bond donors (Lipinski definition) is 1. The van der Waals surface area contributed by atoms with E-state index in [2.05, 4.69) is 15.5 Å². The number of aromatic nitrogens is 2. The van der Waals surface area contributed by atoms with Gasteiger partial charge in [0.2, 0.25) is 5.89 Å². The number of hydrogen-bond acceptors (Lipinski definition) is 6. The minimum atomic E-state index is -0.161. The second-order valence-corrected chi connectivity index (χ2v) is 5.88. The van der Waals surface area contributed by atoms with Crippen LogP contribution >= 0.6 is 0 Å². The Hall–Kier alpha value is -2.77. The number of nitrogens with zero attached hydrogens (tertiary/aromatic N) is 3. The van der Waals surface area contributed by atoms with Crippen LogP contribution in [0.25, 0.3) is 0 Å². The smallest absolute Gasteiger partial charge is 0.318 e. The van der Waals surface area contributed by atoms with Crippen LogP contribution in [-0.4, -0.2) is 41.8 Å². The van der Waals surface area contributed by atoms with Crippen molar-refractivity contribution in [2.75, 3.05) is 20.8 Å². The minimum absolute atomic E-state index is 0.145. The number of ether oxygens (including phenoxy) is 2. The Bertz CT molecular complexity index is 746. The summed E-state index contributed by atoms with van der Waals surface area (Å²) in [5.74, 6) is 2.36. The van der Waals surface area contributed by atoms with Gasteiger partial charge in [-0.15, -0.1) is 0 Å². The van der Waals surface area contributed by atoms with Crippen molar-refractivity contribution in [2.45, 2.75) is 32.4 Å². The maximum absolute atomic E-state index is 12.6. The lowest BCUT2D eigenvalue weighted by molar-refractivity contribution is 0.180. The number of carbonyl (C=O) groups is 1. The first-order valence-corrected chi connectivity index (χ1v) is 8.18. The van der Waals surface area contributed by atoms with Crippen molar-refractivity contribution in [3.8, 4) is 11.5 Å². The maximum Gasteiger partial charge on any atom is 0.318 e. The number of amides is 2. The van der Waals surface area contributed by atoms with Gasteiger partial charge in [0.05, 0.1) is 14.2 Å². The Morgan fingerprint density at radius 3 is 2.84 bits per heavy atom. The Morgan fingerprint density at radius 1 is 1.36 bits per heavy atom. The van der Waals surface area contributed by atoms with Crippen LogP contribution in [0.5, 0.6) is 11.5 Å². The first-order valence-electron chi connectivity index (χ1n) is 8.18. The minimum Gasteiger partial charge on any atom is -0.493 e. The molecule has 134 valence electrons. The summed E-state index contributed by atoms with van der Waals surface area (Å²) in [6, 6.07) is 5.26. The second kappa shape index (κ2) is 7.42. The van der Waals surface area contributed by atoms with E-state index in [1.54, 1.807) is 26.0 Å². The average molecular weight is 346 g/mol. The van der Waals surface area contributed by atoms with Crippen LogP contribution in [0.4, 0.5) is 4.79 Å². The molecule has 0 bridgehead atoms. The summed E-state index contributed by atoms with van der Waals surface area (Å²) in [4.78, 5) is 18.6. The maximum atomic E-state index is 12.6. The molecule has 0 aliphatic carbocycles. The largest absolute Gasteiger partial charge is 0.493 e. The lowest BCUT2D eigenvalue weighted by Crippen LogP contribution is -2.39. The molecular weight excluding hydrogens is 324 g/mol. The molecule has 1 aromatic heterocycles. The third kappa shape index (κ3) is 3.67. The number of rotatable bonds is 5. The van der Waals surface area contributed by atoms with Crippen molar-refractivity contribution >= 4 is 6.03 Å². The monoisotopic (exact) mass is 346 g/mol. The Morgan fingerprint density at radius 2 is 2.16 bits per heavy atom. The van der Waals surface area contributed by atoms with Crippen LogP contribution in [0.2, 0.25) is 0 Å². The molecule has 1 saturated heterocycles. The normalized spacial score (nSPS) is 16.8. The molecule has 25 heavy (non-hydrogen) atoms. The molecule has 1 N–H and O–H groups in total. The van der Waals surface area contributed by atoms with Gasteiger partial charge in [-0.3, -0.25) is 0 Å². The van der Waals surface area contributed by atoms with Gasteiger partial charge in [-0.25, -0.2) is 4.79 Å². The van der Waals surface area contributed by atoms with Crippen molar-refractivity contribution in [3.05, 3.63) is 35.5 Å². The van der Waals surface area contributed by atoms with Gasteiger partial charge in [-0.1, -0.05) is 11.2 Å². The predicted octanol–water partition coefficient (Wildman–Crippen LogP) is 2.44. The molecule has 1 unspecified atom stereocenters. The number of urea groups is 1. The van der Waals surface area contributed by atoms with Gasteiger partial charge < -0.3 is 24.2 Å². The van der Waals surface area contributed by atoms with Gasteiger partial charge in [0.25, 0.3) is 0 Å². The number of aryl methyl sites for hydroxylation is 1.